The minimum atomic E-state index is -4.43. The Bertz CT molecular complexity index is 500. The average Bonchev–Trinajstić information content (AvgIpc) is 2.98. The molecule has 0 saturated heterocycles. The Balaban J connectivity index is 1.71. The van der Waals surface area contributed by atoms with E-state index in [0.29, 0.717) is 18.4 Å². The van der Waals surface area contributed by atoms with Gasteiger partial charge in [0.05, 0.1) is 12.2 Å². The summed E-state index contributed by atoms with van der Waals surface area (Å²) >= 11 is 0. The van der Waals surface area contributed by atoms with Crippen LogP contribution in [0.4, 0.5) is 18.9 Å². The third-order valence-corrected chi connectivity index (χ3v) is 4.65. The van der Waals surface area contributed by atoms with Gasteiger partial charge in [0.25, 0.3) is 0 Å². The highest BCUT2D eigenvalue weighted by molar-refractivity contribution is 5.49. The van der Waals surface area contributed by atoms with Crippen molar-refractivity contribution in [3.05, 3.63) is 23.8 Å². The van der Waals surface area contributed by atoms with Crippen LogP contribution < -0.4 is 10.5 Å². The first-order chi connectivity index (χ1) is 9.43. The van der Waals surface area contributed by atoms with Gasteiger partial charge in [-0.3, -0.25) is 0 Å². The molecule has 1 aromatic rings. The van der Waals surface area contributed by atoms with Crippen molar-refractivity contribution in [3.8, 4) is 5.75 Å². The van der Waals surface area contributed by atoms with E-state index in [0.717, 1.165) is 18.4 Å². The van der Waals surface area contributed by atoms with Gasteiger partial charge in [0, 0.05) is 5.69 Å². The van der Waals surface area contributed by atoms with Crippen molar-refractivity contribution < 1.29 is 17.9 Å². The highest BCUT2D eigenvalue weighted by Gasteiger charge is 2.40. The molecule has 0 amide bonds. The summed E-state index contributed by atoms with van der Waals surface area (Å²) in [5.74, 6) is 1.71. The average molecular weight is 285 g/mol. The van der Waals surface area contributed by atoms with Crippen LogP contribution in [0, 0.1) is 17.8 Å². The quantitative estimate of drug-likeness (QED) is 0.848. The Labute approximate surface area is 116 Å². The largest absolute Gasteiger partial charge is 0.493 e. The summed E-state index contributed by atoms with van der Waals surface area (Å²) in [6.45, 7) is 0.383. The molecule has 2 nitrogen and oxygen atoms in total. The molecule has 110 valence electrons. The zero-order valence-electron chi connectivity index (χ0n) is 11.1. The number of nitrogen functional groups attached to an aromatic ring is 1. The predicted molar refractivity (Wildman–Crippen MR) is 70.3 cm³/mol. The number of hydrogen-bond acceptors (Lipinski definition) is 2. The third-order valence-electron chi connectivity index (χ3n) is 4.65. The van der Waals surface area contributed by atoms with Crippen LogP contribution in [0.1, 0.15) is 31.2 Å². The number of anilines is 1. The smallest absolute Gasteiger partial charge is 0.420 e. The molecule has 20 heavy (non-hydrogen) atoms. The summed E-state index contributed by atoms with van der Waals surface area (Å²) in [7, 11) is 0. The number of benzene rings is 1. The lowest BCUT2D eigenvalue weighted by Gasteiger charge is -2.23. The van der Waals surface area contributed by atoms with Gasteiger partial charge in [-0.05, 0) is 55.2 Å². The molecular weight excluding hydrogens is 267 g/mol. The molecule has 5 heteroatoms. The van der Waals surface area contributed by atoms with Crippen LogP contribution in [-0.4, -0.2) is 6.61 Å². The summed E-state index contributed by atoms with van der Waals surface area (Å²) in [5.41, 5.74) is 4.76. The minimum absolute atomic E-state index is 0.101. The molecule has 2 saturated carbocycles. The van der Waals surface area contributed by atoms with E-state index in [9.17, 15) is 13.2 Å². The first-order valence-electron chi connectivity index (χ1n) is 7.03. The molecule has 2 bridgehead atoms. The van der Waals surface area contributed by atoms with Gasteiger partial charge in [0.2, 0.25) is 0 Å². The van der Waals surface area contributed by atoms with E-state index in [4.69, 9.17) is 10.5 Å². The Morgan fingerprint density at radius 2 is 2.00 bits per heavy atom. The maximum Gasteiger partial charge on any atom is 0.420 e. The molecule has 1 aromatic carbocycles. The number of nitrogens with two attached hydrogens (primary N) is 1. The van der Waals surface area contributed by atoms with Crippen LogP contribution in [-0.2, 0) is 6.18 Å². The van der Waals surface area contributed by atoms with E-state index in [2.05, 4.69) is 0 Å². The van der Waals surface area contributed by atoms with Crippen LogP contribution in [0.15, 0.2) is 18.2 Å². The Morgan fingerprint density at radius 1 is 1.20 bits per heavy atom. The SMILES string of the molecule is Nc1ccc(OCC2CC3CCC2C3)c(C(F)(F)F)c1. The topological polar surface area (TPSA) is 35.2 Å². The second kappa shape index (κ2) is 4.86. The molecule has 2 aliphatic rings. The van der Waals surface area contributed by atoms with Gasteiger partial charge in [-0.25, -0.2) is 0 Å². The van der Waals surface area contributed by atoms with E-state index in [1.807, 2.05) is 0 Å². The molecule has 3 unspecified atom stereocenters. The van der Waals surface area contributed by atoms with E-state index < -0.39 is 11.7 Å². The van der Waals surface area contributed by atoms with Crippen molar-refractivity contribution in [2.45, 2.75) is 31.9 Å². The van der Waals surface area contributed by atoms with Gasteiger partial charge >= 0.3 is 6.18 Å². The monoisotopic (exact) mass is 285 g/mol. The van der Waals surface area contributed by atoms with E-state index in [1.165, 1.54) is 31.4 Å². The lowest BCUT2D eigenvalue weighted by atomic mass is 9.89. The predicted octanol–water partition coefficient (Wildman–Crippen LogP) is 4.10. The molecule has 0 heterocycles. The summed E-state index contributed by atoms with van der Waals surface area (Å²) in [5, 5.41) is 0. The number of halogens is 3. The molecule has 2 N–H and O–H groups in total. The fraction of sp³-hybridized carbons (Fsp3) is 0.600. The molecule has 3 atom stereocenters. The summed E-state index contributed by atoms with van der Waals surface area (Å²) in [6.07, 6.45) is 0.367. The van der Waals surface area contributed by atoms with E-state index >= 15 is 0 Å². The van der Waals surface area contributed by atoms with E-state index in [1.54, 1.807) is 0 Å². The van der Waals surface area contributed by atoms with Crippen molar-refractivity contribution in [1.82, 2.24) is 0 Å². The number of rotatable bonds is 3. The van der Waals surface area contributed by atoms with Crippen molar-refractivity contribution in [1.29, 1.82) is 0 Å². The summed E-state index contributed by atoms with van der Waals surface area (Å²) in [4.78, 5) is 0. The molecular formula is C15H18F3NO. The van der Waals surface area contributed by atoms with Crippen molar-refractivity contribution in [2.75, 3.05) is 12.3 Å². The van der Waals surface area contributed by atoms with Crippen molar-refractivity contribution >= 4 is 5.69 Å². The van der Waals surface area contributed by atoms with Crippen LogP contribution in [0.5, 0.6) is 5.75 Å². The zero-order chi connectivity index (χ0) is 14.3. The molecule has 0 radical (unpaired) electrons. The number of fused-ring (bicyclic) bond motifs is 2. The maximum absolute atomic E-state index is 12.9. The first kappa shape index (κ1) is 13.6. The summed E-state index contributed by atoms with van der Waals surface area (Å²) < 4.78 is 44.3. The van der Waals surface area contributed by atoms with Gasteiger partial charge in [-0.2, -0.15) is 13.2 Å². The van der Waals surface area contributed by atoms with Crippen LogP contribution in [0.2, 0.25) is 0 Å². The van der Waals surface area contributed by atoms with Crippen LogP contribution in [0.25, 0.3) is 0 Å². The normalized spacial score (nSPS) is 28.9. The third kappa shape index (κ3) is 2.58. The molecule has 0 spiro atoms. The lowest BCUT2D eigenvalue weighted by Crippen LogP contribution is -2.20. The number of hydrogen-bond donors (Lipinski definition) is 1. The highest BCUT2D eigenvalue weighted by atomic mass is 19.4. The first-order valence-corrected chi connectivity index (χ1v) is 7.03. The lowest BCUT2D eigenvalue weighted by molar-refractivity contribution is -0.139. The van der Waals surface area contributed by atoms with Gasteiger partial charge in [0.1, 0.15) is 5.75 Å². The van der Waals surface area contributed by atoms with E-state index in [-0.39, 0.29) is 11.4 Å². The molecule has 3 rings (SSSR count). The fourth-order valence-electron chi connectivity index (χ4n) is 3.67. The molecule has 0 aromatic heterocycles. The maximum atomic E-state index is 12.9. The Kier molecular flexibility index (Phi) is 3.30. The van der Waals surface area contributed by atoms with Crippen molar-refractivity contribution in [2.24, 2.45) is 17.8 Å². The fourth-order valence-corrected chi connectivity index (χ4v) is 3.67. The van der Waals surface area contributed by atoms with Gasteiger partial charge in [-0.1, -0.05) is 6.42 Å². The van der Waals surface area contributed by atoms with Crippen LogP contribution >= 0.6 is 0 Å². The van der Waals surface area contributed by atoms with Crippen molar-refractivity contribution in [3.63, 3.8) is 0 Å². The standard InChI is InChI=1S/C15H18F3NO/c16-15(17,18)13-7-12(19)3-4-14(13)20-8-11-6-9-1-2-10(11)5-9/h3-4,7,9-11H,1-2,5-6,8,19H2. The number of alkyl halides is 3. The molecule has 0 aliphatic heterocycles. The van der Waals surface area contributed by atoms with Crippen LogP contribution in [0.3, 0.4) is 0 Å². The second-order valence-corrected chi connectivity index (χ2v) is 6.00. The second-order valence-electron chi connectivity index (χ2n) is 6.00. The summed E-state index contributed by atoms with van der Waals surface area (Å²) in [6, 6.07) is 3.72. The van der Waals surface area contributed by atoms with Gasteiger partial charge in [-0.15, -0.1) is 0 Å². The van der Waals surface area contributed by atoms with Gasteiger partial charge in [0.15, 0.2) is 0 Å². The highest BCUT2D eigenvalue weighted by Crippen LogP contribution is 2.48. The minimum Gasteiger partial charge on any atom is -0.493 e. The number of ether oxygens (including phenoxy) is 1. The zero-order valence-corrected chi connectivity index (χ0v) is 11.1. The Morgan fingerprint density at radius 3 is 2.60 bits per heavy atom. The molecule has 2 fully saturated rings. The molecule has 2 aliphatic carbocycles. The van der Waals surface area contributed by atoms with Gasteiger partial charge < -0.3 is 10.5 Å². The Hall–Kier alpha value is -1.39.